The topological polar surface area (TPSA) is 72.7 Å². The Kier molecular flexibility index (Phi) is 4.96. The van der Waals surface area contributed by atoms with E-state index in [0.29, 0.717) is 0 Å². The molecule has 2 atom stereocenters. The van der Waals surface area contributed by atoms with Crippen molar-refractivity contribution >= 4 is 29.0 Å². The van der Waals surface area contributed by atoms with Gasteiger partial charge in [0, 0.05) is 11.3 Å². The Bertz CT molecular complexity index is 705. The maximum Gasteiger partial charge on any atom is 0.233 e. The molecule has 0 fully saturated rings. The molecule has 8 heteroatoms. The molecule has 2 aromatic heterocycles. The molecule has 6 nitrogen and oxygen atoms in total. The van der Waals surface area contributed by atoms with Gasteiger partial charge in [-0.2, -0.15) is 5.10 Å². The third kappa shape index (κ3) is 3.64. The van der Waals surface area contributed by atoms with Crippen molar-refractivity contribution in [1.29, 1.82) is 0 Å². The van der Waals surface area contributed by atoms with E-state index in [9.17, 15) is 4.79 Å². The van der Waals surface area contributed by atoms with Gasteiger partial charge in [0.15, 0.2) is 4.34 Å². The van der Waals surface area contributed by atoms with Crippen molar-refractivity contribution in [3.63, 3.8) is 0 Å². The van der Waals surface area contributed by atoms with E-state index in [1.807, 2.05) is 13.1 Å². The molecule has 1 aliphatic carbocycles. The molecule has 0 aromatic carbocycles. The molecule has 2 heterocycles. The van der Waals surface area contributed by atoms with E-state index in [4.69, 9.17) is 0 Å². The van der Waals surface area contributed by atoms with Crippen molar-refractivity contribution < 1.29 is 4.79 Å². The van der Waals surface area contributed by atoms with Gasteiger partial charge < -0.3 is 5.32 Å². The highest BCUT2D eigenvalue weighted by atomic mass is 32.2. The van der Waals surface area contributed by atoms with Crippen LogP contribution in [-0.4, -0.2) is 31.1 Å². The number of nitrogens with zero attached hydrogens (tertiary/aromatic N) is 4. The average molecular weight is 366 g/mol. The summed E-state index contributed by atoms with van der Waals surface area (Å²) in [5.41, 5.74) is 4.06. The smallest absolute Gasteiger partial charge is 0.233 e. The van der Waals surface area contributed by atoms with E-state index in [1.165, 1.54) is 28.8 Å². The number of aromatic nitrogens is 4. The van der Waals surface area contributed by atoms with Crippen LogP contribution in [0.2, 0.25) is 0 Å². The number of hydrogen-bond acceptors (Lipinski definition) is 6. The van der Waals surface area contributed by atoms with Crippen LogP contribution in [0.5, 0.6) is 0 Å². The number of hydrogen-bond donors (Lipinski definition) is 1. The maximum atomic E-state index is 12.5. The van der Waals surface area contributed by atoms with Gasteiger partial charge in [-0.1, -0.05) is 23.1 Å². The Balaban J connectivity index is 1.71. The van der Waals surface area contributed by atoms with E-state index < -0.39 is 0 Å². The molecule has 0 aliphatic heterocycles. The second-order valence-corrected chi connectivity index (χ2v) is 9.47. The minimum atomic E-state index is -0.194. The molecule has 0 radical (unpaired) electrons. The van der Waals surface area contributed by atoms with Crippen molar-refractivity contribution in [3.8, 4) is 0 Å². The highest BCUT2D eigenvalue weighted by Gasteiger charge is 2.30. The van der Waals surface area contributed by atoms with Crippen LogP contribution in [-0.2, 0) is 16.8 Å². The zero-order chi connectivity index (χ0) is 17.3. The van der Waals surface area contributed by atoms with Crippen LogP contribution in [0.3, 0.4) is 0 Å². The van der Waals surface area contributed by atoms with Gasteiger partial charge in [0.2, 0.25) is 5.91 Å². The van der Waals surface area contributed by atoms with Crippen LogP contribution < -0.4 is 5.32 Å². The van der Waals surface area contributed by atoms with E-state index in [-0.39, 0.29) is 22.7 Å². The number of amides is 1. The van der Waals surface area contributed by atoms with E-state index in [2.05, 4.69) is 46.1 Å². The summed E-state index contributed by atoms with van der Waals surface area (Å²) >= 11 is 2.91. The largest absolute Gasteiger partial charge is 0.348 e. The number of fused-ring (bicyclic) bond motifs is 1. The molecule has 2 aromatic rings. The number of nitrogens with one attached hydrogen (secondary N) is 1. The van der Waals surface area contributed by atoms with Crippen molar-refractivity contribution in [2.45, 2.75) is 68.1 Å². The molecule has 0 spiro atoms. The Morgan fingerprint density at radius 3 is 2.96 bits per heavy atom. The van der Waals surface area contributed by atoms with Crippen molar-refractivity contribution in [2.24, 2.45) is 0 Å². The molecular formula is C16H23N5OS2. The fraction of sp³-hybridized carbons (Fsp3) is 0.625. The van der Waals surface area contributed by atoms with Gasteiger partial charge >= 0.3 is 0 Å². The molecule has 130 valence electrons. The molecule has 1 amide bonds. The van der Waals surface area contributed by atoms with E-state index >= 15 is 0 Å². The number of thioether (sulfide) groups is 1. The third-order valence-electron chi connectivity index (χ3n) is 4.12. The maximum absolute atomic E-state index is 12.5. The summed E-state index contributed by atoms with van der Waals surface area (Å²) in [4.78, 5) is 12.5. The minimum Gasteiger partial charge on any atom is -0.348 e. The predicted molar refractivity (Wildman–Crippen MR) is 96.3 cm³/mol. The summed E-state index contributed by atoms with van der Waals surface area (Å²) in [6.07, 6.45) is 4.98. The first-order valence-electron chi connectivity index (χ1n) is 8.16. The second kappa shape index (κ2) is 6.84. The Morgan fingerprint density at radius 2 is 2.29 bits per heavy atom. The normalized spacial score (nSPS) is 18.9. The van der Waals surface area contributed by atoms with Crippen molar-refractivity contribution in [1.82, 2.24) is 25.3 Å². The molecule has 3 rings (SSSR count). The molecule has 0 saturated carbocycles. The number of carbonyl (C=O) groups excluding carboxylic acids is 1. The summed E-state index contributed by atoms with van der Waals surface area (Å²) in [6.45, 7) is 8.37. The monoisotopic (exact) mass is 365 g/mol. The fourth-order valence-electron chi connectivity index (χ4n) is 2.99. The Morgan fingerprint density at radius 1 is 1.50 bits per heavy atom. The lowest BCUT2D eigenvalue weighted by atomic mass is 9.92. The first-order chi connectivity index (χ1) is 11.4. The van der Waals surface area contributed by atoms with Gasteiger partial charge in [-0.25, -0.2) is 0 Å². The van der Waals surface area contributed by atoms with Crippen molar-refractivity contribution in [2.75, 3.05) is 0 Å². The molecule has 0 saturated heterocycles. The van der Waals surface area contributed by atoms with E-state index in [0.717, 1.165) is 29.2 Å². The van der Waals surface area contributed by atoms with Gasteiger partial charge in [0.1, 0.15) is 5.51 Å². The fourth-order valence-corrected chi connectivity index (χ4v) is 4.63. The van der Waals surface area contributed by atoms with E-state index in [1.54, 1.807) is 5.51 Å². The third-order valence-corrected chi connectivity index (χ3v) is 6.03. The van der Waals surface area contributed by atoms with Crippen LogP contribution in [0.4, 0.5) is 0 Å². The molecule has 1 aliphatic rings. The lowest BCUT2D eigenvalue weighted by molar-refractivity contribution is -0.121. The minimum absolute atomic E-state index is 0.0385. The van der Waals surface area contributed by atoms with Gasteiger partial charge in [0.25, 0.3) is 0 Å². The average Bonchev–Trinajstić information content (AvgIpc) is 3.15. The highest BCUT2D eigenvalue weighted by molar-refractivity contribution is 8.02. The summed E-state index contributed by atoms with van der Waals surface area (Å²) in [5, 5.41) is 15.4. The SMILES string of the molecule is C[C@@H](Sc1nncs1)C(=O)N[C@H]1CCCc2c1cnn2C(C)(C)C. The van der Waals surface area contributed by atoms with Crippen LogP contribution in [0.1, 0.15) is 57.8 Å². The van der Waals surface area contributed by atoms with Gasteiger partial charge in [-0.05, 0) is 47.0 Å². The Hall–Kier alpha value is -1.41. The number of carbonyl (C=O) groups is 1. The summed E-state index contributed by atoms with van der Waals surface area (Å²) in [6, 6.07) is 0.0508. The lowest BCUT2D eigenvalue weighted by Gasteiger charge is -2.28. The zero-order valence-corrected chi connectivity index (χ0v) is 16.1. The molecule has 24 heavy (non-hydrogen) atoms. The second-order valence-electron chi connectivity index (χ2n) is 7.05. The van der Waals surface area contributed by atoms with Gasteiger partial charge in [0.05, 0.1) is 23.0 Å². The van der Waals surface area contributed by atoms with Crippen LogP contribution >= 0.6 is 23.1 Å². The molecule has 1 N–H and O–H groups in total. The standard InChI is InChI=1S/C16H23N5OS2/c1-10(24-15-20-17-9-23-15)14(22)19-12-6-5-7-13-11(12)8-18-21(13)16(2,3)4/h8-10,12H,5-7H2,1-4H3,(H,19,22)/t10-,12+/m1/s1. The van der Waals surface area contributed by atoms with Gasteiger partial charge in [-0.3, -0.25) is 9.48 Å². The van der Waals surface area contributed by atoms with Crippen LogP contribution in [0, 0.1) is 0 Å². The first-order valence-corrected chi connectivity index (χ1v) is 9.92. The zero-order valence-electron chi connectivity index (χ0n) is 14.4. The molecule has 0 bridgehead atoms. The van der Waals surface area contributed by atoms with Gasteiger partial charge in [-0.15, -0.1) is 10.2 Å². The number of rotatable bonds is 4. The lowest BCUT2D eigenvalue weighted by Crippen LogP contribution is -2.36. The quantitative estimate of drug-likeness (QED) is 0.843. The van der Waals surface area contributed by atoms with Crippen molar-refractivity contribution in [3.05, 3.63) is 23.0 Å². The molecule has 0 unspecified atom stereocenters. The predicted octanol–water partition coefficient (Wildman–Crippen LogP) is 3.16. The summed E-state index contributed by atoms with van der Waals surface area (Å²) in [5.74, 6) is 0.0385. The Labute approximate surface area is 150 Å². The highest BCUT2D eigenvalue weighted by Crippen LogP contribution is 2.33. The van der Waals surface area contributed by atoms with Crippen LogP contribution in [0.15, 0.2) is 16.0 Å². The summed E-state index contributed by atoms with van der Waals surface area (Å²) < 4.78 is 2.92. The first kappa shape index (κ1) is 17.4. The summed E-state index contributed by atoms with van der Waals surface area (Å²) in [7, 11) is 0. The molecular weight excluding hydrogens is 342 g/mol. The van der Waals surface area contributed by atoms with Crippen LogP contribution in [0.25, 0.3) is 0 Å².